The monoisotopic (exact) mass is 211 g/mol. The molecule has 0 aliphatic heterocycles. The first-order valence-corrected chi connectivity index (χ1v) is 5.49. The summed E-state index contributed by atoms with van der Waals surface area (Å²) in [5, 5.41) is 16.6. The van der Waals surface area contributed by atoms with Gasteiger partial charge in [-0.1, -0.05) is 0 Å². The first kappa shape index (κ1) is 12.2. The minimum atomic E-state index is -0.265. The lowest BCUT2D eigenvalue weighted by Crippen LogP contribution is -2.26. The Morgan fingerprint density at radius 1 is 1.53 bits per heavy atom. The second-order valence-electron chi connectivity index (χ2n) is 4.06. The summed E-state index contributed by atoms with van der Waals surface area (Å²) in [6.07, 6.45) is 0.771. The highest BCUT2D eigenvalue weighted by molar-refractivity contribution is 5.06. The maximum absolute atomic E-state index is 9.04. The van der Waals surface area contributed by atoms with E-state index in [-0.39, 0.29) is 6.10 Å². The van der Waals surface area contributed by atoms with Crippen LogP contribution < -0.4 is 5.32 Å². The van der Waals surface area contributed by atoms with Gasteiger partial charge in [0.2, 0.25) is 0 Å². The Balaban J connectivity index is 2.17. The fourth-order valence-electron chi connectivity index (χ4n) is 1.57. The quantitative estimate of drug-likeness (QED) is 0.686. The molecule has 0 saturated carbocycles. The number of nitrogens with zero attached hydrogens (tertiary/aromatic N) is 2. The molecule has 0 radical (unpaired) electrons. The van der Waals surface area contributed by atoms with E-state index in [1.807, 2.05) is 11.6 Å². The van der Waals surface area contributed by atoms with Crippen LogP contribution in [-0.4, -0.2) is 34.1 Å². The average molecular weight is 211 g/mol. The van der Waals surface area contributed by atoms with Gasteiger partial charge in [-0.25, -0.2) is 0 Å². The Kier molecular flexibility index (Phi) is 4.78. The molecule has 0 saturated heterocycles. The molecule has 4 heteroatoms. The van der Waals surface area contributed by atoms with Crippen LogP contribution in [0.15, 0.2) is 6.07 Å². The van der Waals surface area contributed by atoms with E-state index in [1.165, 1.54) is 5.69 Å². The molecule has 1 atom stereocenters. The smallest absolute Gasteiger partial charge is 0.0636 e. The van der Waals surface area contributed by atoms with Gasteiger partial charge in [-0.15, -0.1) is 0 Å². The number of aliphatic hydroxyl groups excluding tert-OH is 1. The van der Waals surface area contributed by atoms with Crippen LogP contribution in [-0.2, 0) is 6.54 Å². The summed E-state index contributed by atoms with van der Waals surface area (Å²) in [5.74, 6) is 0. The van der Waals surface area contributed by atoms with Crippen molar-refractivity contribution in [3.05, 3.63) is 17.5 Å². The number of rotatable bonds is 6. The molecule has 0 aliphatic carbocycles. The van der Waals surface area contributed by atoms with Gasteiger partial charge in [-0.3, -0.25) is 4.68 Å². The number of hydrogen-bond acceptors (Lipinski definition) is 3. The highest BCUT2D eigenvalue weighted by atomic mass is 16.3. The van der Waals surface area contributed by atoms with Gasteiger partial charge >= 0.3 is 0 Å². The van der Waals surface area contributed by atoms with Crippen LogP contribution in [0.5, 0.6) is 0 Å². The summed E-state index contributed by atoms with van der Waals surface area (Å²) >= 11 is 0. The molecule has 0 bridgehead atoms. The van der Waals surface area contributed by atoms with E-state index in [9.17, 15) is 0 Å². The lowest BCUT2D eigenvalue weighted by atomic mass is 10.3. The highest BCUT2D eigenvalue weighted by Crippen LogP contribution is 2.01. The third kappa shape index (κ3) is 4.44. The van der Waals surface area contributed by atoms with Gasteiger partial charge in [0.1, 0.15) is 0 Å². The molecule has 1 aromatic heterocycles. The van der Waals surface area contributed by atoms with Crippen LogP contribution in [0.1, 0.15) is 24.7 Å². The van der Waals surface area contributed by atoms with Gasteiger partial charge in [-0.05, 0) is 39.8 Å². The third-order valence-electron chi connectivity index (χ3n) is 2.27. The number of aliphatic hydroxyl groups is 1. The molecular formula is C11H21N3O. The van der Waals surface area contributed by atoms with Crippen molar-refractivity contribution in [2.24, 2.45) is 0 Å². The van der Waals surface area contributed by atoms with E-state index in [2.05, 4.69) is 23.4 Å². The largest absolute Gasteiger partial charge is 0.392 e. The normalized spacial score (nSPS) is 13.1. The summed E-state index contributed by atoms with van der Waals surface area (Å²) in [7, 11) is 0. The van der Waals surface area contributed by atoms with E-state index in [0.29, 0.717) is 6.54 Å². The zero-order chi connectivity index (χ0) is 11.3. The number of hydrogen-bond donors (Lipinski definition) is 2. The maximum Gasteiger partial charge on any atom is 0.0636 e. The summed E-state index contributed by atoms with van der Waals surface area (Å²) in [4.78, 5) is 0. The molecule has 0 amide bonds. The Morgan fingerprint density at radius 3 is 2.80 bits per heavy atom. The molecule has 1 heterocycles. The van der Waals surface area contributed by atoms with Crippen LogP contribution in [0.3, 0.4) is 0 Å². The van der Waals surface area contributed by atoms with Crippen LogP contribution >= 0.6 is 0 Å². The van der Waals surface area contributed by atoms with Crippen molar-refractivity contribution in [1.82, 2.24) is 15.1 Å². The molecule has 0 aliphatic rings. The summed E-state index contributed by atoms with van der Waals surface area (Å²) in [6, 6.07) is 2.09. The van der Waals surface area contributed by atoms with Crippen molar-refractivity contribution >= 4 is 0 Å². The maximum atomic E-state index is 9.04. The van der Waals surface area contributed by atoms with Crippen molar-refractivity contribution in [2.45, 2.75) is 39.8 Å². The van der Waals surface area contributed by atoms with Crippen LogP contribution in [0.25, 0.3) is 0 Å². The predicted molar refractivity (Wildman–Crippen MR) is 60.9 cm³/mol. The molecule has 15 heavy (non-hydrogen) atoms. The van der Waals surface area contributed by atoms with Gasteiger partial charge in [0.05, 0.1) is 11.8 Å². The molecule has 0 unspecified atom stereocenters. The predicted octanol–water partition coefficient (Wildman–Crippen LogP) is 0.860. The van der Waals surface area contributed by atoms with E-state index in [1.54, 1.807) is 6.92 Å². The molecule has 0 spiro atoms. The third-order valence-corrected chi connectivity index (χ3v) is 2.27. The van der Waals surface area contributed by atoms with Crippen molar-refractivity contribution < 1.29 is 5.11 Å². The minimum absolute atomic E-state index is 0.265. The molecule has 2 N–H and O–H groups in total. The minimum Gasteiger partial charge on any atom is -0.392 e. The van der Waals surface area contributed by atoms with Crippen molar-refractivity contribution in [3.63, 3.8) is 0 Å². The van der Waals surface area contributed by atoms with Crippen molar-refractivity contribution in [3.8, 4) is 0 Å². The van der Waals surface area contributed by atoms with Gasteiger partial charge in [0, 0.05) is 18.8 Å². The second-order valence-corrected chi connectivity index (χ2v) is 4.06. The van der Waals surface area contributed by atoms with E-state index in [0.717, 1.165) is 25.2 Å². The molecule has 4 nitrogen and oxygen atoms in total. The Bertz CT molecular complexity index is 294. The molecule has 1 rings (SSSR count). The first-order valence-electron chi connectivity index (χ1n) is 5.49. The second kappa shape index (κ2) is 5.88. The van der Waals surface area contributed by atoms with Crippen LogP contribution in [0.2, 0.25) is 0 Å². The molecular weight excluding hydrogens is 190 g/mol. The van der Waals surface area contributed by atoms with Crippen LogP contribution in [0.4, 0.5) is 0 Å². The van der Waals surface area contributed by atoms with E-state index in [4.69, 9.17) is 5.11 Å². The number of aryl methyl sites for hydroxylation is 3. The standard InChI is InChI=1S/C11H21N3O/c1-9-7-10(2)14(13-9)6-4-5-12-8-11(3)15/h7,11-12,15H,4-6,8H2,1-3H3/t11-/m1/s1. The SMILES string of the molecule is Cc1cc(C)n(CCCNC[C@@H](C)O)n1. The Morgan fingerprint density at radius 2 is 2.27 bits per heavy atom. The highest BCUT2D eigenvalue weighted by Gasteiger charge is 2.00. The Labute approximate surface area is 91.3 Å². The summed E-state index contributed by atoms with van der Waals surface area (Å²) in [6.45, 7) is 8.39. The topological polar surface area (TPSA) is 50.1 Å². The van der Waals surface area contributed by atoms with Gasteiger partial charge < -0.3 is 10.4 Å². The molecule has 1 aromatic rings. The van der Waals surface area contributed by atoms with Crippen molar-refractivity contribution in [2.75, 3.05) is 13.1 Å². The lowest BCUT2D eigenvalue weighted by molar-refractivity contribution is 0.191. The molecule has 86 valence electrons. The summed E-state index contributed by atoms with van der Waals surface area (Å²) < 4.78 is 2.03. The summed E-state index contributed by atoms with van der Waals surface area (Å²) in [5.41, 5.74) is 2.28. The molecule has 0 aromatic carbocycles. The number of nitrogens with one attached hydrogen (secondary N) is 1. The lowest BCUT2D eigenvalue weighted by Gasteiger charge is -2.07. The zero-order valence-electron chi connectivity index (χ0n) is 9.82. The van der Waals surface area contributed by atoms with E-state index < -0.39 is 0 Å². The van der Waals surface area contributed by atoms with Gasteiger partial charge in [0.25, 0.3) is 0 Å². The average Bonchev–Trinajstić information content (AvgIpc) is 2.44. The van der Waals surface area contributed by atoms with Gasteiger partial charge in [0.15, 0.2) is 0 Å². The fourth-order valence-corrected chi connectivity index (χ4v) is 1.57. The Hall–Kier alpha value is -0.870. The zero-order valence-corrected chi connectivity index (χ0v) is 9.82. The van der Waals surface area contributed by atoms with Gasteiger partial charge in [-0.2, -0.15) is 5.10 Å². The fraction of sp³-hybridized carbons (Fsp3) is 0.727. The van der Waals surface area contributed by atoms with Crippen LogP contribution in [0, 0.1) is 13.8 Å². The van der Waals surface area contributed by atoms with Crippen molar-refractivity contribution in [1.29, 1.82) is 0 Å². The first-order chi connectivity index (χ1) is 7.09. The van der Waals surface area contributed by atoms with E-state index >= 15 is 0 Å². The number of aromatic nitrogens is 2. The molecule has 0 fully saturated rings.